The summed E-state index contributed by atoms with van der Waals surface area (Å²) in [4.78, 5) is 86.3. The third-order valence-corrected chi connectivity index (χ3v) is 18.5. The van der Waals surface area contributed by atoms with Crippen LogP contribution in [0.4, 0.5) is 39.5 Å². The Morgan fingerprint density at radius 2 is 1.15 bits per heavy atom. The molecule has 2 fully saturated rings. The summed E-state index contributed by atoms with van der Waals surface area (Å²) in [6.07, 6.45) is -28.3. The second kappa shape index (κ2) is 22.2. The number of rotatable bonds is 17. The molecule has 74 heavy (non-hydrogen) atoms. The van der Waals surface area contributed by atoms with E-state index in [9.17, 15) is 68.9 Å². The van der Waals surface area contributed by atoms with Crippen molar-refractivity contribution in [1.82, 2.24) is 0 Å². The molecule has 0 bridgehead atoms. The van der Waals surface area contributed by atoms with Gasteiger partial charge in [-0.05, 0) is 167 Å². The molecule has 4 rings (SSSR count). The Morgan fingerprint density at radius 3 is 1.65 bits per heavy atom. The number of esters is 6. The molecule has 2 aromatic rings. The van der Waals surface area contributed by atoms with Gasteiger partial charge in [-0.3, -0.25) is 19.2 Å². The maximum atomic E-state index is 15.5. The van der Waals surface area contributed by atoms with Crippen molar-refractivity contribution in [2.45, 2.75) is 136 Å². The first kappa shape index (κ1) is 63.3. The molecule has 0 radical (unpaired) electrons. The van der Waals surface area contributed by atoms with E-state index in [0.717, 1.165) is 41.5 Å². The molecule has 1 aliphatic heterocycles. The van der Waals surface area contributed by atoms with Gasteiger partial charge in [-0.1, -0.05) is 30.3 Å². The smallest absolute Gasteiger partial charge is 0.426 e. The molecule has 7 unspecified atom stereocenters. The van der Waals surface area contributed by atoms with Gasteiger partial charge in [-0.2, -0.15) is 39.5 Å². The predicted octanol–water partition coefficient (Wildman–Crippen LogP) is 10.1. The van der Waals surface area contributed by atoms with Crippen LogP contribution in [0.25, 0.3) is 0 Å². The lowest BCUT2D eigenvalue weighted by Gasteiger charge is -2.56. The second-order valence-corrected chi connectivity index (χ2v) is 23.7. The summed E-state index contributed by atoms with van der Waals surface area (Å²) in [5.74, 6) is -14.3. The van der Waals surface area contributed by atoms with Gasteiger partial charge in [-0.25, -0.2) is 9.59 Å². The van der Waals surface area contributed by atoms with Crippen LogP contribution in [0.2, 0.25) is 0 Å². The average Bonchev–Trinajstić information content (AvgIpc) is 3.69. The van der Waals surface area contributed by atoms with E-state index in [2.05, 4.69) is 0 Å². The highest BCUT2D eigenvalue weighted by Gasteiger charge is 2.77. The highest BCUT2D eigenvalue weighted by molar-refractivity contribution is 14.1. The Hall–Kier alpha value is -3.26. The zero-order valence-corrected chi connectivity index (χ0v) is 47.6. The monoisotopic (exact) mass is 1410 g/mol. The van der Waals surface area contributed by atoms with Crippen molar-refractivity contribution in [3.8, 4) is 0 Å². The molecule has 2 aliphatic rings. The maximum absolute atomic E-state index is 15.5. The zero-order chi connectivity index (χ0) is 56.8. The first-order chi connectivity index (χ1) is 33.5. The summed E-state index contributed by atoms with van der Waals surface area (Å²) < 4.78 is 165. The molecule has 2 N–H and O–H groups in total. The Kier molecular flexibility index (Phi) is 19.0. The summed E-state index contributed by atoms with van der Waals surface area (Å²) >= 11 is 5.87. The summed E-state index contributed by atoms with van der Waals surface area (Å²) in [5.41, 5.74) is -22.2. The number of ether oxygens (including phenoxy) is 6. The number of benzene rings is 2. The molecular weight excluding hydrogens is 1350 g/mol. The lowest BCUT2D eigenvalue weighted by atomic mass is 9.45. The van der Waals surface area contributed by atoms with Gasteiger partial charge in [0, 0.05) is 29.0 Å². The highest BCUT2D eigenvalue weighted by atomic mass is 127. The fraction of sp³-hybridized carbons (Fsp3) is 0.625. The second-order valence-electron chi connectivity index (χ2n) is 20.2. The van der Waals surface area contributed by atoms with Crippen LogP contribution in [-0.2, 0) is 58.0 Å². The van der Waals surface area contributed by atoms with Crippen LogP contribution >= 0.6 is 67.8 Å². The third-order valence-electron chi connectivity index (χ3n) is 14.8. The first-order valence-corrected chi connectivity index (χ1v) is 25.7. The largest absolute Gasteiger partial charge is 0.463 e. The van der Waals surface area contributed by atoms with Crippen molar-refractivity contribution >= 4 is 104 Å². The number of alkyl halides is 9. The summed E-state index contributed by atoms with van der Waals surface area (Å²) in [6, 6.07) is 11.3. The molecule has 7 atom stereocenters. The lowest BCUT2D eigenvalue weighted by Crippen LogP contribution is -2.68. The average molecular weight is 1410 g/mol. The van der Waals surface area contributed by atoms with Crippen LogP contribution in [0, 0.1) is 44.2 Å². The van der Waals surface area contributed by atoms with Crippen LogP contribution < -0.4 is 0 Å². The van der Waals surface area contributed by atoms with Crippen molar-refractivity contribution in [2.75, 3.05) is 19.8 Å². The van der Waals surface area contributed by atoms with E-state index in [4.69, 9.17) is 28.4 Å². The Bertz CT molecular complexity index is 2450. The van der Waals surface area contributed by atoms with Gasteiger partial charge in [0.15, 0.2) is 5.60 Å². The van der Waals surface area contributed by atoms with Gasteiger partial charge in [0.25, 0.3) is 5.60 Å². The van der Waals surface area contributed by atoms with Crippen LogP contribution in [0.5, 0.6) is 0 Å². The topological polar surface area (TPSA) is 198 Å². The van der Waals surface area contributed by atoms with E-state index in [-0.39, 0.29) is 25.5 Å². The van der Waals surface area contributed by atoms with E-state index in [0.29, 0.717) is 16.3 Å². The van der Waals surface area contributed by atoms with Gasteiger partial charge in [0.1, 0.15) is 24.9 Å². The number of carbonyl (C=O) groups is 6. The van der Waals surface area contributed by atoms with Crippen LogP contribution in [-0.4, -0.2) is 108 Å². The molecule has 0 amide bonds. The van der Waals surface area contributed by atoms with Crippen molar-refractivity contribution < 1.29 is 107 Å². The molecule has 1 saturated heterocycles. The van der Waals surface area contributed by atoms with Crippen LogP contribution in [0.1, 0.15) is 104 Å². The van der Waals surface area contributed by atoms with Gasteiger partial charge in [0.2, 0.25) is 6.10 Å². The number of hydrogen-bond acceptors (Lipinski definition) is 14. The summed E-state index contributed by atoms with van der Waals surface area (Å²) in [5, 5.41) is 21.3. The molecule has 414 valence electrons. The zero-order valence-electron chi connectivity index (χ0n) is 41.1. The molecule has 1 heterocycles. The van der Waals surface area contributed by atoms with Gasteiger partial charge < -0.3 is 38.6 Å². The fourth-order valence-electron chi connectivity index (χ4n) is 9.18. The standard InChI is InChI=1S/C48H54F9I3O14/c1-39(2,35(63)71-18-17-70-33(61)29-22-27(58)23-30(59)32(29)60)42(7,37(65)72-28-20-25(44(9,67)46(49,50)51)19-26(21-28)45(68,47(52,53)54)48(55,56)57)43(8,38(66)73-31-15-16-69-34(31)62)40(3,4)36(64)74-41(5,6)24-13-11-10-12-14-24/h10-14,22-23,25-26,28,31,67-68H,15-21H2,1-9H3. The summed E-state index contributed by atoms with van der Waals surface area (Å²) in [7, 11) is 0. The number of cyclic esters (lactones) is 1. The van der Waals surface area contributed by atoms with E-state index in [1.54, 1.807) is 36.4 Å². The summed E-state index contributed by atoms with van der Waals surface area (Å²) in [6.45, 7) is 6.93. The molecular formula is C48H54F9I3O14. The lowest BCUT2D eigenvalue weighted by molar-refractivity contribution is -0.391. The normalized spacial score (nSPS) is 21.7. The minimum absolute atomic E-state index is 0.0634. The quantitative estimate of drug-likeness (QED) is 0.0379. The fourth-order valence-corrected chi connectivity index (χ4v) is 11.6. The molecule has 1 aliphatic carbocycles. The number of aliphatic hydroxyl groups is 2. The van der Waals surface area contributed by atoms with Gasteiger partial charge >= 0.3 is 54.3 Å². The van der Waals surface area contributed by atoms with Crippen molar-refractivity contribution in [3.05, 3.63) is 64.3 Å². The molecule has 26 heteroatoms. The van der Waals surface area contributed by atoms with Gasteiger partial charge in [0.05, 0.1) is 33.8 Å². The first-order valence-electron chi connectivity index (χ1n) is 22.5. The third kappa shape index (κ3) is 11.9. The van der Waals surface area contributed by atoms with Gasteiger partial charge in [-0.15, -0.1) is 0 Å². The number of hydrogen-bond donors (Lipinski definition) is 2. The van der Waals surface area contributed by atoms with Crippen molar-refractivity contribution in [1.29, 1.82) is 0 Å². The molecule has 0 spiro atoms. The Morgan fingerprint density at radius 1 is 0.649 bits per heavy atom. The molecule has 0 aromatic heterocycles. The predicted molar refractivity (Wildman–Crippen MR) is 265 cm³/mol. The Labute approximate surface area is 460 Å². The van der Waals surface area contributed by atoms with Crippen LogP contribution in [0.15, 0.2) is 42.5 Å². The van der Waals surface area contributed by atoms with E-state index >= 15 is 9.59 Å². The van der Waals surface area contributed by atoms with Crippen LogP contribution in [0.3, 0.4) is 0 Å². The molecule has 14 nitrogen and oxygen atoms in total. The van der Waals surface area contributed by atoms with Crippen molar-refractivity contribution in [2.24, 2.45) is 33.5 Å². The highest BCUT2D eigenvalue weighted by Crippen LogP contribution is 2.63. The Balaban J connectivity index is 1.96. The maximum Gasteiger partial charge on any atom is 0.426 e. The number of halogens is 12. The van der Waals surface area contributed by atoms with E-state index in [1.807, 2.05) is 67.8 Å². The van der Waals surface area contributed by atoms with E-state index < -0.39 is 149 Å². The SMILES string of the molecule is CC(C)(OC(=O)C(C)(C)C(C)(C(=O)OC1CCOC1=O)C(C)(C(=O)OC1CC(C(C)(O)C(F)(F)F)CC(C(O)(C(F)(F)F)C(F)(F)F)C1)C(C)(C)C(=O)OCCOC(=O)c1cc(I)cc(I)c1I)c1ccccc1. The van der Waals surface area contributed by atoms with Crippen molar-refractivity contribution in [3.63, 3.8) is 0 Å². The minimum Gasteiger partial charge on any atom is -0.463 e. The molecule has 1 saturated carbocycles. The molecule has 2 aromatic carbocycles. The number of carbonyl (C=O) groups excluding carboxylic acids is 6. The van der Waals surface area contributed by atoms with E-state index in [1.165, 1.54) is 19.9 Å². The minimum atomic E-state index is -6.62.